The molecule has 0 aromatic heterocycles. The predicted octanol–water partition coefficient (Wildman–Crippen LogP) is 3.53. The van der Waals surface area contributed by atoms with E-state index in [1.54, 1.807) is 12.2 Å². The summed E-state index contributed by atoms with van der Waals surface area (Å²) < 4.78 is 31.4. The number of benzene rings is 1. The van der Waals surface area contributed by atoms with Gasteiger partial charge in [-0.2, -0.15) is 0 Å². The summed E-state index contributed by atoms with van der Waals surface area (Å²) in [5.41, 5.74) is 1.03. The van der Waals surface area contributed by atoms with Crippen LogP contribution in [0.4, 0.5) is 0 Å². The summed E-state index contributed by atoms with van der Waals surface area (Å²) in [6.07, 6.45) is 4.88. The lowest BCUT2D eigenvalue weighted by atomic mass is 9.84. The van der Waals surface area contributed by atoms with E-state index in [0.717, 1.165) is 31.2 Å². The number of hydrogen-bond acceptors (Lipinski definition) is 6. The molecule has 4 rings (SSSR count). The minimum atomic E-state index is -0.929. The van der Waals surface area contributed by atoms with Gasteiger partial charge in [0, 0.05) is 12.8 Å². The lowest BCUT2D eigenvalue weighted by Crippen LogP contribution is -2.64. The monoisotopic (exact) mass is 430 g/mol. The second kappa shape index (κ2) is 10.4. The first-order valence-electron chi connectivity index (χ1n) is 11.3. The average Bonchev–Trinajstić information content (AvgIpc) is 3.15. The molecule has 1 aliphatic heterocycles. The van der Waals surface area contributed by atoms with Gasteiger partial charge in [0.25, 0.3) is 0 Å². The molecular weight excluding hydrogens is 396 g/mol. The van der Waals surface area contributed by atoms with Crippen molar-refractivity contribution < 1.29 is 28.8 Å². The molecule has 3 aliphatic rings. The van der Waals surface area contributed by atoms with Gasteiger partial charge in [-0.25, -0.2) is 0 Å². The van der Waals surface area contributed by atoms with Gasteiger partial charge in [0.15, 0.2) is 5.79 Å². The molecule has 1 spiro atoms. The van der Waals surface area contributed by atoms with Gasteiger partial charge in [-0.1, -0.05) is 48.9 Å². The molecular formula is C25H34O6. The van der Waals surface area contributed by atoms with Crippen LogP contribution in [0.2, 0.25) is 0 Å². The number of rotatable bonds is 9. The third kappa shape index (κ3) is 4.95. The summed E-state index contributed by atoms with van der Waals surface area (Å²) in [5.74, 6) is -0.634. The second-order valence-corrected chi connectivity index (χ2v) is 8.56. The lowest BCUT2D eigenvalue weighted by Gasteiger charge is -2.44. The zero-order valence-corrected chi connectivity index (χ0v) is 18.1. The average molecular weight is 431 g/mol. The summed E-state index contributed by atoms with van der Waals surface area (Å²) in [6, 6.07) is 9.92. The highest BCUT2D eigenvalue weighted by molar-refractivity contribution is 5.14. The molecule has 170 valence electrons. The predicted molar refractivity (Wildman–Crippen MR) is 116 cm³/mol. The molecule has 1 N–H and O–H groups in total. The number of aliphatic hydroxyl groups is 1. The van der Waals surface area contributed by atoms with Crippen LogP contribution in [0.3, 0.4) is 0 Å². The van der Waals surface area contributed by atoms with E-state index in [0.29, 0.717) is 19.8 Å². The Kier molecular flexibility index (Phi) is 7.59. The Balaban J connectivity index is 1.59. The number of hydrogen-bond donors (Lipinski definition) is 1. The molecule has 2 saturated carbocycles. The van der Waals surface area contributed by atoms with E-state index in [1.807, 2.05) is 30.3 Å². The molecule has 0 amide bonds. The Morgan fingerprint density at radius 2 is 1.48 bits per heavy atom. The maximum absolute atomic E-state index is 11.3. The minimum Gasteiger partial charge on any atom is -0.387 e. The fourth-order valence-corrected chi connectivity index (χ4v) is 4.96. The Bertz CT molecular complexity index is 716. The van der Waals surface area contributed by atoms with E-state index in [2.05, 4.69) is 13.2 Å². The SMILES string of the molecule is C=CCO[C@@H]1[C@@H]2OC3(CCCCC3)O[C@@H]2[C@@H](OCc2ccccc2)[C@H](O)[C@H]1OCC=C. The molecule has 3 fully saturated rings. The first-order valence-corrected chi connectivity index (χ1v) is 11.3. The van der Waals surface area contributed by atoms with Crippen LogP contribution in [0.15, 0.2) is 55.6 Å². The van der Waals surface area contributed by atoms with Gasteiger partial charge in [-0.05, 0) is 18.4 Å². The van der Waals surface area contributed by atoms with Crippen molar-refractivity contribution in [3.05, 3.63) is 61.2 Å². The van der Waals surface area contributed by atoms with Crippen LogP contribution in [0, 0.1) is 0 Å². The summed E-state index contributed by atoms with van der Waals surface area (Å²) in [7, 11) is 0. The molecule has 1 heterocycles. The van der Waals surface area contributed by atoms with Gasteiger partial charge in [0.1, 0.15) is 36.6 Å². The number of ether oxygens (including phenoxy) is 5. The first kappa shape index (κ1) is 22.6. The minimum absolute atomic E-state index is 0.296. The van der Waals surface area contributed by atoms with E-state index < -0.39 is 42.4 Å². The number of aliphatic hydroxyl groups excluding tert-OH is 1. The van der Waals surface area contributed by atoms with Crippen LogP contribution in [0.25, 0.3) is 0 Å². The van der Waals surface area contributed by atoms with Crippen molar-refractivity contribution in [3.8, 4) is 0 Å². The van der Waals surface area contributed by atoms with Gasteiger partial charge in [0.05, 0.1) is 19.8 Å². The van der Waals surface area contributed by atoms with E-state index in [1.165, 1.54) is 6.42 Å². The normalized spacial score (nSPS) is 34.4. The molecule has 6 heteroatoms. The van der Waals surface area contributed by atoms with E-state index in [4.69, 9.17) is 23.7 Å². The quantitative estimate of drug-likeness (QED) is 0.605. The Labute approximate surface area is 184 Å². The Morgan fingerprint density at radius 3 is 2.13 bits per heavy atom. The van der Waals surface area contributed by atoms with Crippen LogP contribution in [0.1, 0.15) is 37.7 Å². The third-order valence-corrected chi connectivity index (χ3v) is 6.38. The molecule has 1 saturated heterocycles. The molecule has 6 atom stereocenters. The van der Waals surface area contributed by atoms with Gasteiger partial charge in [-0.3, -0.25) is 0 Å². The molecule has 0 bridgehead atoms. The van der Waals surface area contributed by atoms with Gasteiger partial charge in [-0.15, -0.1) is 13.2 Å². The second-order valence-electron chi connectivity index (χ2n) is 8.56. The molecule has 2 aliphatic carbocycles. The smallest absolute Gasteiger partial charge is 0.169 e. The lowest BCUT2D eigenvalue weighted by molar-refractivity contribution is -0.229. The first-order chi connectivity index (χ1) is 15.2. The van der Waals surface area contributed by atoms with Crippen molar-refractivity contribution in [3.63, 3.8) is 0 Å². The largest absolute Gasteiger partial charge is 0.387 e. The highest BCUT2D eigenvalue weighted by Gasteiger charge is 2.61. The Hall–Kier alpha value is -1.54. The molecule has 31 heavy (non-hydrogen) atoms. The van der Waals surface area contributed by atoms with Crippen molar-refractivity contribution in [2.24, 2.45) is 0 Å². The fourth-order valence-electron chi connectivity index (χ4n) is 4.96. The van der Waals surface area contributed by atoms with E-state index in [-0.39, 0.29) is 0 Å². The molecule has 0 radical (unpaired) electrons. The highest BCUT2D eigenvalue weighted by atomic mass is 16.8. The van der Waals surface area contributed by atoms with Crippen LogP contribution < -0.4 is 0 Å². The van der Waals surface area contributed by atoms with Crippen molar-refractivity contribution in [1.29, 1.82) is 0 Å². The fraction of sp³-hybridized carbons (Fsp3) is 0.600. The van der Waals surface area contributed by atoms with Gasteiger partial charge in [0.2, 0.25) is 0 Å². The maximum Gasteiger partial charge on any atom is 0.169 e. The zero-order valence-electron chi connectivity index (χ0n) is 18.1. The van der Waals surface area contributed by atoms with E-state index in [9.17, 15) is 5.11 Å². The standard InChI is InChI=1S/C25H34O6/c1-3-15-27-20-19(26)21(29-17-18-11-7-5-8-12-18)23-24(22(20)28-16-4-2)31-25(30-23)13-9-6-10-14-25/h3-5,7-8,11-12,19-24,26H,1-2,6,9-10,13-17H2/t19-,20-,21+,22+,23-,24+/m1/s1. The third-order valence-electron chi connectivity index (χ3n) is 6.38. The summed E-state index contributed by atoms with van der Waals surface area (Å²) in [6.45, 7) is 8.49. The van der Waals surface area contributed by atoms with Gasteiger partial charge >= 0.3 is 0 Å². The van der Waals surface area contributed by atoms with Crippen LogP contribution in [-0.2, 0) is 30.3 Å². The zero-order chi connectivity index (χ0) is 21.7. The molecule has 0 unspecified atom stereocenters. The van der Waals surface area contributed by atoms with E-state index >= 15 is 0 Å². The molecule has 1 aromatic rings. The van der Waals surface area contributed by atoms with Crippen LogP contribution in [0.5, 0.6) is 0 Å². The number of fused-ring (bicyclic) bond motifs is 1. The van der Waals surface area contributed by atoms with Crippen LogP contribution >= 0.6 is 0 Å². The molecule has 6 nitrogen and oxygen atoms in total. The Morgan fingerprint density at radius 1 is 0.871 bits per heavy atom. The summed E-state index contributed by atoms with van der Waals surface area (Å²) >= 11 is 0. The summed E-state index contributed by atoms with van der Waals surface area (Å²) in [4.78, 5) is 0. The van der Waals surface area contributed by atoms with Crippen molar-refractivity contribution in [2.75, 3.05) is 13.2 Å². The van der Waals surface area contributed by atoms with Gasteiger partial charge < -0.3 is 28.8 Å². The summed E-state index contributed by atoms with van der Waals surface area (Å²) in [5, 5.41) is 11.3. The van der Waals surface area contributed by atoms with Crippen molar-refractivity contribution in [1.82, 2.24) is 0 Å². The topological polar surface area (TPSA) is 66.4 Å². The van der Waals surface area contributed by atoms with Crippen molar-refractivity contribution in [2.45, 2.75) is 81.1 Å². The van der Waals surface area contributed by atoms with Crippen molar-refractivity contribution >= 4 is 0 Å². The molecule has 1 aromatic carbocycles. The highest BCUT2D eigenvalue weighted by Crippen LogP contribution is 2.46. The maximum atomic E-state index is 11.3. The van der Waals surface area contributed by atoms with Crippen LogP contribution in [-0.4, -0.2) is 60.7 Å².